The molecule has 0 radical (unpaired) electrons. The molecule has 4 aromatic heterocycles. The third-order valence-corrected chi connectivity index (χ3v) is 7.43. The Balaban J connectivity index is 1.21. The van der Waals surface area contributed by atoms with Gasteiger partial charge in [-0.05, 0) is 56.8 Å². The molecule has 0 bridgehead atoms. The van der Waals surface area contributed by atoms with E-state index in [9.17, 15) is 0 Å². The largest absolute Gasteiger partial charge is 0.355 e. The first-order valence-corrected chi connectivity index (χ1v) is 13.0. The Labute approximate surface area is 205 Å². The summed E-state index contributed by atoms with van der Waals surface area (Å²) in [7, 11) is 0. The summed E-state index contributed by atoms with van der Waals surface area (Å²) in [5.74, 6) is 2.12. The Kier molecular flexibility index (Phi) is 6.16. The van der Waals surface area contributed by atoms with Crippen molar-refractivity contribution in [2.24, 2.45) is 0 Å². The van der Waals surface area contributed by atoms with E-state index in [-0.39, 0.29) is 0 Å². The maximum absolute atomic E-state index is 4.93. The second kappa shape index (κ2) is 9.73. The monoisotopic (exact) mass is 471 g/mol. The molecule has 1 aliphatic heterocycles. The second-order valence-electron chi connectivity index (χ2n) is 9.75. The van der Waals surface area contributed by atoms with Gasteiger partial charge in [0.1, 0.15) is 5.65 Å². The van der Waals surface area contributed by atoms with E-state index >= 15 is 0 Å². The van der Waals surface area contributed by atoms with Gasteiger partial charge in [-0.1, -0.05) is 19.8 Å². The van der Waals surface area contributed by atoms with Crippen molar-refractivity contribution in [1.82, 2.24) is 35.0 Å². The number of nitrogens with zero attached hydrogens (tertiary/aromatic N) is 7. The lowest BCUT2D eigenvalue weighted by Gasteiger charge is -2.33. The maximum Gasteiger partial charge on any atom is 0.230 e. The van der Waals surface area contributed by atoms with E-state index < -0.39 is 0 Å². The van der Waals surface area contributed by atoms with Crippen LogP contribution in [0.25, 0.3) is 21.9 Å². The van der Waals surface area contributed by atoms with Gasteiger partial charge in [0.25, 0.3) is 0 Å². The summed E-state index contributed by atoms with van der Waals surface area (Å²) in [6.07, 6.45) is 14.0. The highest BCUT2D eigenvalue weighted by molar-refractivity contribution is 6.06. The average Bonchev–Trinajstić information content (AvgIpc) is 3.54. The van der Waals surface area contributed by atoms with Crippen molar-refractivity contribution in [2.75, 3.05) is 29.9 Å². The minimum atomic E-state index is 0.460. The van der Waals surface area contributed by atoms with E-state index in [0.717, 1.165) is 60.2 Å². The Morgan fingerprint density at radius 1 is 0.971 bits per heavy atom. The van der Waals surface area contributed by atoms with Gasteiger partial charge in [0.2, 0.25) is 5.95 Å². The summed E-state index contributed by atoms with van der Waals surface area (Å²) < 4.78 is 2.37. The predicted octanol–water partition coefficient (Wildman–Crippen LogP) is 4.60. The van der Waals surface area contributed by atoms with Crippen LogP contribution in [0.15, 0.2) is 36.8 Å². The molecule has 0 aromatic carbocycles. The lowest BCUT2D eigenvalue weighted by atomic mass is 10.1. The summed E-state index contributed by atoms with van der Waals surface area (Å²) in [4.78, 5) is 16.2. The normalized spacial score (nSPS) is 17.6. The van der Waals surface area contributed by atoms with Gasteiger partial charge in [-0.3, -0.25) is 4.98 Å². The molecule has 0 spiro atoms. The van der Waals surface area contributed by atoms with Crippen LogP contribution >= 0.6 is 0 Å². The van der Waals surface area contributed by atoms with Crippen LogP contribution in [0.3, 0.4) is 0 Å². The molecule has 5 heterocycles. The lowest BCUT2D eigenvalue weighted by molar-refractivity contribution is 0.414. The van der Waals surface area contributed by atoms with Crippen LogP contribution in [0.2, 0.25) is 0 Å². The quantitative estimate of drug-likeness (QED) is 0.404. The van der Waals surface area contributed by atoms with Crippen molar-refractivity contribution in [3.63, 3.8) is 0 Å². The summed E-state index contributed by atoms with van der Waals surface area (Å²) in [6, 6.07) is 7.14. The van der Waals surface area contributed by atoms with Crippen molar-refractivity contribution in [3.8, 4) is 0 Å². The minimum absolute atomic E-state index is 0.460. The number of fused-ring (bicyclic) bond motifs is 3. The van der Waals surface area contributed by atoms with Crippen LogP contribution in [0.5, 0.6) is 0 Å². The summed E-state index contributed by atoms with van der Waals surface area (Å²) >= 11 is 0. The molecule has 35 heavy (non-hydrogen) atoms. The zero-order valence-corrected chi connectivity index (χ0v) is 20.3. The van der Waals surface area contributed by atoms with E-state index in [1.807, 2.05) is 30.7 Å². The number of pyridine rings is 1. The zero-order chi connectivity index (χ0) is 23.6. The predicted molar refractivity (Wildman–Crippen MR) is 139 cm³/mol. The molecule has 182 valence electrons. The molecule has 1 aliphatic carbocycles. The highest BCUT2D eigenvalue weighted by Crippen LogP contribution is 2.37. The molecule has 2 N–H and O–H groups in total. The van der Waals surface area contributed by atoms with Crippen molar-refractivity contribution in [1.29, 1.82) is 0 Å². The van der Waals surface area contributed by atoms with Crippen LogP contribution < -0.4 is 15.5 Å². The van der Waals surface area contributed by atoms with E-state index in [1.165, 1.54) is 32.1 Å². The topological polar surface area (TPSA) is 96.7 Å². The van der Waals surface area contributed by atoms with Crippen LogP contribution in [0, 0.1) is 0 Å². The third kappa shape index (κ3) is 4.40. The Morgan fingerprint density at radius 3 is 2.60 bits per heavy atom. The fourth-order valence-corrected chi connectivity index (χ4v) is 5.60. The summed E-state index contributed by atoms with van der Waals surface area (Å²) in [5.41, 5.74) is 2.10. The number of piperidine rings is 1. The molecular formula is C26H33N9. The highest BCUT2D eigenvalue weighted by Gasteiger charge is 2.23. The summed E-state index contributed by atoms with van der Waals surface area (Å²) in [6.45, 7) is 5.31. The molecule has 9 nitrogen and oxygen atoms in total. The molecule has 2 fully saturated rings. The van der Waals surface area contributed by atoms with E-state index in [2.05, 4.69) is 53.3 Å². The van der Waals surface area contributed by atoms with Gasteiger partial charge in [0, 0.05) is 48.3 Å². The zero-order valence-electron chi connectivity index (χ0n) is 20.3. The van der Waals surface area contributed by atoms with Crippen molar-refractivity contribution < 1.29 is 0 Å². The van der Waals surface area contributed by atoms with Gasteiger partial charge in [-0.15, -0.1) is 10.2 Å². The number of rotatable bonds is 7. The van der Waals surface area contributed by atoms with Crippen molar-refractivity contribution >= 4 is 39.5 Å². The number of hydrogen-bond donors (Lipinski definition) is 2. The Bertz CT molecular complexity index is 1290. The molecule has 1 saturated carbocycles. The number of aromatic nitrogens is 6. The van der Waals surface area contributed by atoms with E-state index in [4.69, 9.17) is 4.98 Å². The van der Waals surface area contributed by atoms with Gasteiger partial charge in [-0.2, -0.15) is 4.98 Å². The van der Waals surface area contributed by atoms with Crippen LogP contribution in [0.1, 0.15) is 57.9 Å². The molecule has 4 aromatic rings. The number of anilines is 3. The molecule has 0 unspecified atom stereocenters. The fraction of sp³-hybridized carbons (Fsp3) is 0.500. The Morgan fingerprint density at radius 2 is 1.83 bits per heavy atom. The number of nitrogens with one attached hydrogen (secondary N) is 2. The second-order valence-corrected chi connectivity index (χ2v) is 9.75. The minimum Gasteiger partial charge on any atom is -0.355 e. The van der Waals surface area contributed by atoms with Crippen molar-refractivity contribution in [2.45, 2.75) is 64.0 Å². The van der Waals surface area contributed by atoms with Crippen molar-refractivity contribution in [3.05, 3.63) is 36.8 Å². The van der Waals surface area contributed by atoms with Gasteiger partial charge in [0.05, 0.1) is 11.7 Å². The molecule has 0 amide bonds. The molecule has 6 rings (SSSR count). The Hall–Kier alpha value is -3.33. The first-order chi connectivity index (χ1) is 17.3. The molecule has 0 atom stereocenters. The van der Waals surface area contributed by atoms with E-state index in [0.29, 0.717) is 23.8 Å². The standard InChI is InChI=1S/C26H33N9/c1-2-12-28-18-10-14-34(15-11-18)24-8-7-23(32-33-24)30-26-29-16-21-20-9-13-27-17-22(20)35(25(21)31-26)19-5-3-4-6-19/h7-9,13,16-19,28H,2-6,10-12,14-15H2,1H3,(H,29,30,31,32). The summed E-state index contributed by atoms with van der Waals surface area (Å²) in [5, 5.41) is 18.0. The van der Waals surface area contributed by atoms with Crippen LogP contribution in [-0.2, 0) is 0 Å². The lowest BCUT2D eigenvalue weighted by Crippen LogP contribution is -2.43. The molecule has 1 saturated heterocycles. The fourth-order valence-electron chi connectivity index (χ4n) is 5.60. The van der Waals surface area contributed by atoms with Gasteiger partial charge in [-0.25, -0.2) is 4.98 Å². The number of hydrogen-bond acceptors (Lipinski definition) is 8. The van der Waals surface area contributed by atoms with E-state index in [1.54, 1.807) is 0 Å². The average molecular weight is 472 g/mol. The smallest absolute Gasteiger partial charge is 0.230 e. The van der Waals surface area contributed by atoms with Crippen LogP contribution in [0.4, 0.5) is 17.6 Å². The SMILES string of the molecule is CCCNC1CCN(c2ccc(Nc3ncc4c5ccncc5n(C5CCCC5)c4n3)nn2)CC1. The van der Waals surface area contributed by atoms with Gasteiger partial charge >= 0.3 is 0 Å². The molecule has 9 heteroatoms. The van der Waals surface area contributed by atoms with Gasteiger partial charge in [0.15, 0.2) is 11.6 Å². The maximum atomic E-state index is 4.93. The van der Waals surface area contributed by atoms with Crippen LogP contribution in [-0.4, -0.2) is 55.4 Å². The molecule has 2 aliphatic rings. The first-order valence-electron chi connectivity index (χ1n) is 13.0. The highest BCUT2D eigenvalue weighted by atomic mass is 15.3. The van der Waals surface area contributed by atoms with Gasteiger partial charge < -0.3 is 20.1 Å². The third-order valence-electron chi connectivity index (χ3n) is 7.43. The molecular weight excluding hydrogens is 438 g/mol. The first kappa shape index (κ1) is 22.2.